The van der Waals surface area contributed by atoms with E-state index in [2.05, 4.69) is 28.6 Å². The van der Waals surface area contributed by atoms with E-state index in [9.17, 15) is 0 Å². The molecule has 2 N–H and O–H groups in total. The lowest BCUT2D eigenvalue weighted by molar-refractivity contribution is -1.02. The summed E-state index contributed by atoms with van der Waals surface area (Å²) in [5.41, 5.74) is 1.05. The van der Waals surface area contributed by atoms with E-state index < -0.39 is 0 Å². The molecule has 2 aromatic heterocycles. The van der Waals surface area contributed by atoms with Gasteiger partial charge in [-0.15, -0.1) is 5.10 Å². The minimum atomic E-state index is -0.0473. The predicted octanol–water partition coefficient (Wildman–Crippen LogP) is -1.17. The molecule has 3 heterocycles. The normalized spacial score (nSPS) is 20.4. The maximum atomic E-state index is 5.73. The van der Waals surface area contributed by atoms with Crippen molar-refractivity contribution in [2.75, 3.05) is 47.4 Å². The van der Waals surface area contributed by atoms with E-state index in [0.717, 1.165) is 54.8 Å². The zero-order valence-corrected chi connectivity index (χ0v) is 17.1. The number of furan rings is 1. The van der Waals surface area contributed by atoms with Crippen LogP contribution in [0.1, 0.15) is 23.2 Å². The topological polar surface area (TPSA) is 84.1 Å². The van der Waals surface area contributed by atoms with E-state index in [-0.39, 0.29) is 6.04 Å². The first kappa shape index (κ1) is 19.4. The molecule has 1 aromatic carbocycles. The molecule has 1 fully saturated rings. The second-order valence-corrected chi connectivity index (χ2v) is 7.43. The van der Waals surface area contributed by atoms with E-state index in [0.29, 0.717) is 6.54 Å². The minimum Gasteiger partial charge on any atom is -0.497 e. The van der Waals surface area contributed by atoms with Crippen LogP contribution in [0.15, 0.2) is 41.0 Å². The molecule has 0 radical (unpaired) electrons. The van der Waals surface area contributed by atoms with Crippen LogP contribution < -0.4 is 19.3 Å². The maximum absolute atomic E-state index is 5.73. The Kier molecular flexibility index (Phi) is 5.77. The van der Waals surface area contributed by atoms with Crippen LogP contribution in [0.25, 0.3) is 0 Å². The van der Waals surface area contributed by atoms with Crippen molar-refractivity contribution in [1.29, 1.82) is 0 Å². The second-order valence-electron chi connectivity index (χ2n) is 7.43. The number of nitrogens with zero attached hydrogens (tertiary/aromatic N) is 4. The number of hydrogen-bond acceptors (Lipinski definition) is 6. The van der Waals surface area contributed by atoms with Crippen LogP contribution in [-0.4, -0.2) is 67.7 Å². The zero-order valence-electron chi connectivity index (χ0n) is 17.1. The van der Waals surface area contributed by atoms with Gasteiger partial charge in [-0.2, -0.15) is 0 Å². The van der Waals surface area contributed by atoms with Crippen LogP contribution in [0.4, 0.5) is 0 Å². The molecule has 3 aromatic rings. The molecule has 0 spiro atoms. The first-order valence-electron chi connectivity index (χ1n) is 9.86. The van der Waals surface area contributed by atoms with Gasteiger partial charge in [-0.1, -0.05) is 0 Å². The Morgan fingerprint density at radius 1 is 1.14 bits per heavy atom. The second kappa shape index (κ2) is 8.62. The maximum Gasteiger partial charge on any atom is 0.214 e. The standard InChI is InChI=1S/C20H26N6O3/c1-24-8-10-25(11-9-24)19(17-7-6-15(27-2)13-18(17)28-3)20-21-22-23-26(20)14-16-5-4-12-29-16/h4-7,12-13,19H,8-11,14H2,1-3H3/p+2/t19-/m1/s1. The molecule has 1 aliphatic heterocycles. The highest BCUT2D eigenvalue weighted by Crippen LogP contribution is 2.31. The molecule has 29 heavy (non-hydrogen) atoms. The van der Waals surface area contributed by atoms with Crippen molar-refractivity contribution in [3.05, 3.63) is 53.7 Å². The van der Waals surface area contributed by atoms with Gasteiger partial charge in [0.1, 0.15) is 50.0 Å². The summed E-state index contributed by atoms with van der Waals surface area (Å²) in [4.78, 5) is 2.97. The van der Waals surface area contributed by atoms with Crippen molar-refractivity contribution in [2.45, 2.75) is 12.6 Å². The highest BCUT2D eigenvalue weighted by molar-refractivity contribution is 5.43. The lowest BCUT2D eigenvalue weighted by Gasteiger charge is -2.33. The van der Waals surface area contributed by atoms with Gasteiger partial charge >= 0.3 is 0 Å². The lowest BCUT2D eigenvalue weighted by Crippen LogP contribution is -3.27. The number of aromatic nitrogens is 4. The molecular formula is C20H28N6O3+2. The Balaban J connectivity index is 1.75. The first-order valence-corrected chi connectivity index (χ1v) is 9.86. The van der Waals surface area contributed by atoms with Crippen LogP contribution in [0.5, 0.6) is 11.5 Å². The van der Waals surface area contributed by atoms with Gasteiger partial charge in [0.15, 0.2) is 6.04 Å². The minimum absolute atomic E-state index is 0.0473. The Morgan fingerprint density at radius 2 is 1.97 bits per heavy atom. The van der Waals surface area contributed by atoms with Crippen LogP contribution in [-0.2, 0) is 6.54 Å². The Hall–Kier alpha value is -2.91. The fourth-order valence-corrected chi connectivity index (χ4v) is 3.97. The predicted molar refractivity (Wildman–Crippen MR) is 104 cm³/mol. The third kappa shape index (κ3) is 4.10. The number of likely N-dealkylation sites (N-methyl/N-ethyl adjacent to an activating group) is 1. The van der Waals surface area contributed by atoms with Gasteiger partial charge in [0.25, 0.3) is 0 Å². The van der Waals surface area contributed by atoms with Gasteiger partial charge in [0, 0.05) is 6.07 Å². The van der Waals surface area contributed by atoms with Gasteiger partial charge in [0.2, 0.25) is 5.82 Å². The van der Waals surface area contributed by atoms with Crippen LogP contribution in [0, 0.1) is 0 Å². The third-order valence-electron chi connectivity index (χ3n) is 5.61. The molecule has 9 heteroatoms. The van der Waals surface area contributed by atoms with Crippen molar-refractivity contribution in [1.82, 2.24) is 20.2 Å². The van der Waals surface area contributed by atoms with Crippen molar-refractivity contribution in [3.63, 3.8) is 0 Å². The number of piperazine rings is 1. The average molecular weight is 400 g/mol. The largest absolute Gasteiger partial charge is 0.497 e. The number of rotatable bonds is 7. The summed E-state index contributed by atoms with van der Waals surface area (Å²) in [6.07, 6.45) is 1.66. The molecule has 1 atom stereocenters. The molecule has 154 valence electrons. The van der Waals surface area contributed by atoms with Gasteiger partial charge in [-0.05, 0) is 34.7 Å². The molecule has 4 rings (SSSR count). The Labute approximate surface area is 169 Å². The third-order valence-corrected chi connectivity index (χ3v) is 5.61. The number of ether oxygens (including phenoxy) is 2. The average Bonchev–Trinajstić information content (AvgIpc) is 3.43. The molecule has 0 saturated carbocycles. The Bertz CT molecular complexity index is 918. The van der Waals surface area contributed by atoms with E-state index >= 15 is 0 Å². The van der Waals surface area contributed by atoms with E-state index in [4.69, 9.17) is 13.9 Å². The zero-order chi connectivity index (χ0) is 20.2. The summed E-state index contributed by atoms with van der Waals surface area (Å²) in [6, 6.07) is 9.70. The molecule has 0 amide bonds. The van der Waals surface area contributed by atoms with Crippen LogP contribution >= 0.6 is 0 Å². The molecule has 1 saturated heterocycles. The van der Waals surface area contributed by atoms with Crippen molar-refractivity contribution in [3.8, 4) is 11.5 Å². The van der Waals surface area contributed by atoms with Crippen molar-refractivity contribution in [2.24, 2.45) is 0 Å². The summed E-state index contributed by atoms with van der Waals surface area (Å²) in [5.74, 6) is 3.16. The first-order chi connectivity index (χ1) is 14.2. The number of hydrogen-bond donors (Lipinski definition) is 2. The van der Waals surface area contributed by atoms with Gasteiger partial charge in [-0.25, -0.2) is 4.68 Å². The van der Waals surface area contributed by atoms with Crippen molar-refractivity contribution >= 4 is 0 Å². The fourth-order valence-electron chi connectivity index (χ4n) is 3.97. The quantitative estimate of drug-likeness (QED) is 0.520. The number of tetrazole rings is 1. The Morgan fingerprint density at radius 3 is 2.66 bits per heavy atom. The van der Waals surface area contributed by atoms with Crippen LogP contribution in [0.2, 0.25) is 0 Å². The van der Waals surface area contributed by atoms with Crippen molar-refractivity contribution < 1.29 is 23.7 Å². The molecule has 0 bridgehead atoms. The smallest absolute Gasteiger partial charge is 0.214 e. The highest BCUT2D eigenvalue weighted by Gasteiger charge is 2.36. The molecule has 0 aliphatic carbocycles. The lowest BCUT2D eigenvalue weighted by atomic mass is 10.0. The number of nitrogens with one attached hydrogen (secondary N) is 2. The summed E-state index contributed by atoms with van der Waals surface area (Å²) >= 11 is 0. The highest BCUT2D eigenvalue weighted by atomic mass is 16.5. The molecule has 1 aliphatic rings. The number of quaternary nitrogens is 2. The molecule has 9 nitrogen and oxygen atoms in total. The number of methoxy groups -OCH3 is 2. The van der Waals surface area contributed by atoms with Crippen LogP contribution in [0.3, 0.4) is 0 Å². The van der Waals surface area contributed by atoms with Gasteiger partial charge in [0.05, 0.1) is 33.1 Å². The summed E-state index contributed by atoms with van der Waals surface area (Å²) in [6.45, 7) is 4.75. The van der Waals surface area contributed by atoms with E-state index in [1.165, 1.54) is 4.90 Å². The van der Waals surface area contributed by atoms with E-state index in [1.807, 2.05) is 28.9 Å². The summed E-state index contributed by atoms with van der Waals surface area (Å²) in [5, 5.41) is 12.7. The molecular weight excluding hydrogens is 372 g/mol. The number of benzene rings is 1. The fraction of sp³-hybridized carbons (Fsp3) is 0.450. The molecule has 0 unspecified atom stereocenters. The van der Waals surface area contributed by atoms with Gasteiger partial charge in [-0.3, -0.25) is 0 Å². The van der Waals surface area contributed by atoms with Gasteiger partial charge < -0.3 is 23.7 Å². The van der Waals surface area contributed by atoms with E-state index in [1.54, 1.807) is 25.4 Å². The SMILES string of the molecule is COc1ccc([C@H](c2nnnn2Cc2ccco2)[NH+]2CC[NH+](C)CC2)c(OC)c1. The monoisotopic (exact) mass is 400 g/mol. The summed E-state index contributed by atoms with van der Waals surface area (Å²) in [7, 11) is 5.58. The summed E-state index contributed by atoms with van der Waals surface area (Å²) < 4.78 is 18.5.